The molecule has 0 saturated heterocycles. The second kappa shape index (κ2) is 2.40. The van der Waals surface area contributed by atoms with Gasteiger partial charge in [0, 0.05) is 0 Å². The Morgan fingerprint density at radius 1 is 1.40 bits per heavy atom. The zero-order valence-electron chi connectivity index (χ0n) is 4.81. The summed E-state index contributed by atoms with van der Waals surface area (Å²) in [6, 6.07) is 3.49. The highest BCUT2D eigenvalue weighted by atomic mass is 19.1. The third kappa shape index (κ3) is 1.08. The quantitative estimate of drug-likeness (QED) is 0.508. The molecule has 0 aliphatic rings. The molecule has 0 fully saturated rings. The van der Waals surface area contributed by atoms with E-state index in [9.17, 15) is 8.78 Å². The molecule has 0 unspecified atom stereocenters. The van der Waals surface area contributed by atoms with E-state index in [1.807, 2.05) is 0 Å². The number of rotatable bonds is 0. The molecule has 10 heavy (non-hydrogen) atoms. The van der Waals surface area contributed by atoms with Gasteiger partial charge in [0.1, 0.15) is 11.6 Å². The molecule has 0 spiro atoms. The van der Waals surface area contributed by atoms with Gasteiger partial charge in [-0.15, -0.1) is 0 Å². The van der Waals surface area contributed by atoms with Crippen molar-refractivity contribution in [3.8, 4) is 6.07 Å². The standard InChI is InChI=1S/C6H2F2N2/c7-5-2-1-4(3-9)6(8)10-5/h1-2H. The fourth-order valence-electron chi connectivity index (χ4n) is 0.496. The minimum Gasteiger partial charge on any atom is -0.192 e. The molecule has 0 aliphatic heterocycles. The fraction of sp³-hybridized carbons (Fsp3) is 0. The maximum atomic E-state index is 12.3. The van der Waals surface area contributed by atoms with Crippen LogP contribution in [-0.2, 0) is 0 Å². The lowest BCUT2D eigenvalue weighted by Crippen LogP contribution is -1.91. The van der Waals surface area contributed by atoms with Gasteiger partial charge in [0.2, 0.25) is 11.9 Å². The molecule has 0 aliphatic carbocycles. The third-order valence-electron chi connectivity index (χ3n) is 0.935. The van der Waals surface area contributed by atoms with E-state index in [0.717, 1.165) is 12.1 Å². The molecule has 1 rings (SSSR count). The van der Waals surface area contributed by atoms with Crippen molar-refractivity contribution in [1.82, 2.24) is 4.98 Å². The highest BCUT2D eigenvalue weighted by Gasteiger charge is 2.02. The Morgan fingerprint density at radius 2 is 2.10 bits per heavy atom. The molecule has 0 saturated carbocycles. The molecular weight excluding hydrogens is 138 g/mol. The van der Waals surface area contributed by atoms with Gasteiger partial charge in [-0.1, -0.05) is 0 Å². The number of pyridine rings is 1. The third-order valence-corrected chi connectivity index (χ3v) is 0.935. The summed E-state index contributed by atoms with van der Waals surface area (Å²) in [4.78, 5) is 2.79. The van der Waals surface area contributed by atoms with Crippen molar-refractivity contribution in [3.63, 3.8) is 0 Å². The molecule has 0 bridgehead atoms. The highest BCUT2D eigenvalue weighted by Crippen LogP contribution is 2.02. The molecule has 1 heterocycles. The van der Waals surface area contributed by atoms with Gasteiger partial charge < -0.3 is 0 Å². The predicted octanol–water partition coefficient (Wildman–Crippen LogP) is 1.23. The average molecular weight is 140 g/mol. The molecule has 4 heteroatoms. The summed E-state index contributed by atoms with van der Waals surface area (Å²) in [5.74, 6) is -1.99. The van der Waals surface area contributed by atoms with Crippen molar-refractivity contribution < 1.29 is 8.78 Å². The Labute approximate surface area is 55.7 Å². The topological polar surface area (TPSA) is 36.7 Å². The van der Waals surface area contributed by atoms with Crippen LogP contribution < -0.4 is 0 Å². The lowest BCUT2D eigenvalue weighted by atomic mass is 10.3. The monoisotopic (exact) mass is 140 g/mol. The molecule has 0 atom stereocenters. The van der Waals surface area contributed by atoms with Crippen LogP contribution in [-0.4, -0.2) is 4.98 Å². The van der Waals surface area contributed by atoms with Crippen LogP contribution in [0.1, 0.15) is 5.56 Å². The van der Waals surface area contributed by atoms with Crippen LogP contribution in [0.4, 0.5) is 8.78 Å². The van der Waals surface area contributed by atoms with Crippen molar-refractivity contribution in [2.45, 2.75) is 0 Å². The first-order chi connectivity index (χ1) is 4.74. The highest BCUT2D eigenvalue weighted by molar-refractivity contribution is 5.25. The minimum absolute atomic E-state index is 0.249. The van der Waals surface area contributed by atoms with Gasteiger partial charge in [0.05, 0.1) is 0 Å². The summed E-state index contributed by atoms with van der Waals surface area (Å²) < 4.78 is 24.3. The smallest absolute Gasteiger partial charge is 0.192 e. The molecule has 0 N–H and O–H groups in total. The van der Waals surface area contributed by atoms with Crippen molar-refractivity contribution in [2.24, 2.45) is 0 Å². The lowest BCUT2D eigenvalue weighted by Gasteiger charge is -1.89. The number of aromatic nitrogens is 1. The van der Waals surface area contributed by atoms with E-state index in [2.05, 4.69) is 4.98 Å². The summed E-state index contributed by atoms with van der Waals surface area (Å²) in [5, 5.41) is 8.16. The van der Waals surface area contributed by atoms with Crippen LogP contribution in [0.15, 0.2) is 12.1 Å². The molecule has 0 aromatic carbocycles. The number of nitrogens with zero attached hydrogens (tertiary/aromatic N) is 2. The van der Waals surface area contributed by atoms with Crippen LogP contribution in [0.5, 0.6) is 0 Å². The Hall–Kier alpha value is -1.50. The van der Waals surface area contributed by atoms with Crippen molar-refractivity contribution in [3.05, 3.63) is 29.6 Å². The van der Waals surface area contributed by atoms with Gasteiger partial charge in [-0.25, -0.2) is 0 Å². The number of hydrogen-bond donors (Lipinski definition) is 0. The average Bonchev–Trinajstić information content (AvgIpc) is 1.88. The van der Waals surface area contributed by atoms with Gasteiger partial charge in [-0.2, -0.15) is 19.0 Å². The van der Waals surface area contributed by atoms with E-state index in [0.29, 0.717) is 0 Å². The van der Waals surface area contributed by atoms with Crippen LogP contribution >= 0.6 is 0 Å². The zero-order valence-corrected chi connectivity index (χ0v) is 4.81. The summed E-state index contributed by atoms with van der Waals surface area (Å²) in [5.41, 5.74) is -0.249. The van der Waals surface area contributed by atoms with Crippen LogP contribution in [0.3, 0.4) is 0 Å². The van der Waals surface area contributed by atoms with Gasteiger partial charge in [0.25, 0.3) is 0 Å². The normalized spacial score (nSPS) is 8.90. The van der Waals surface area contributed by atoms with Gasteiger partial charge >= 0.3 is 0 Å². The fourth-order valence-corrected chi connectivity index (χ4v) is 0.496. The van der Waals surface area contributed by atoms with Crippen molar-refractivity contribution in [2.75, 3.05) is 0 Å². The lowest BCUT2D eigenvalue weighted by molar-refractivity contribution is 0.510. The first kappa shape index (κ1) is 6.62. The summed E-state index contributed by atoms with van der Waals surface area (Å²) in [6.45, 7) is 0. The molecule has 1 aromatic heterocycles. The second-order valence-electron chi connectivity index (χ2n) is 1.58. The van der Waals surface area contributed by atoms with Crippen molar-refractivity contribution >= 4 is 0 Å². The minimum atomic E-state index is -1.07. The van der Waals surface area contributed by atoms with E-state index >= 15 is 0 Å². The first-order valence-electron chi connectivity index (χ1n) is 2.46. The van der Waals surface area contributed by atoms with E-state index < -0.39 is 11.9 Å². The number of halogens is 2. The molecule has 0 amide bonds. The largest absolute Gasteiger partial charge is 0.233 e. The molecule has 2 nitrogen and oxygen atoms in total. The van der Waals surface area contributed by atoms with Crippen LogP contribution in [0.25, 0.3) is 0 Å². The van der Waals surface area contributed by atoms with Gasteiger partial charge in [-0.3, -0.25) is 0 Å². The SMILES string of the molecule is N#Cc1ccc(F)nc1F. The van der Waals surface area contributed by atoms with E-state index in [1.165, 1.54) is 6.07 Å². The Kier molecular flexibility index (Phi) is 1.59. The van der Waals surface area contributed by atoms with Crippen LogP contribution in [0, 0.1) is 23.2 Å². The Balaban J connectivity index is 3.23. The number of nitriles is 1. The van der Waals surface area contributed by atoms with Crippen molar-refractivity contribution in [1.29, 1.82) is 5.26 Å². The van der Waals surface area contributed by atoms with Crippen LogP contribution in [0.2, 0.25) is 0 Å². The zero-order chi connectivity index (χ0) is 7.56. The first-order valence-corrected chi connectivity index (χ1v) is 2.46. The Bertz CT molecular complexity index is 290. The molecular formula is C6H2F2N2. The van der Waals surface area contributed by atoms with Gasteiger partial charge in [-0.05, 0) is 12.1 Å². The summed E-state index contributed by atoms with van der Waals surface area (Å²) in [7, 11) is 0. The summed E-state index contributed by atoms with van der Waals surface area (Å²) >= 11 is 0. The predicted molar refractivity (Wildman–Crippen MR) is 28.9 cm³/mol. The Morgan fingerprint density at radius 3 is 2.60 bits per heavy atom. The van der Waals surface area contributed by atoms with E-state index in [4.69, 9.17) is 5.26 Å². The maximum absolute atomic E-state index is 12.3. The van der Waals surface area contributed by atoms with E-state index in [1.54, 1.807) is 0 Å². The summed E-state index contributed by atoms with van der Waals surface area (Å²) in [6.07, 6.45) is 0. The second-order valence-corrected chi connectivity index (χ2v) is 1.58. The molecule has 0 radical (unpaired) electrons. The maximum Gasteiger partial charge on any atom is 0.233 e. The number of hydrogen-bond acceptors (Lipinski definition) is 2. The van der Waals surface area contributed by atoms with Gasteiger partial charge in [0.15, 0.2) is 0 Å². The van der Waals surface area contributed by atoms with E-state index in [-0.39, 0.29) is 5.56 Å². The molecule has 1 aromatic rings. The molecule has 50 valence electrons.